The Morgan fingerprint density at radius 1 is 0.853 bits per heavy atom. The van der Waals surface area contributed by atoms with E-state index in [2.05, 4.69) is 34.3 Å². The third-order valence-corrected chi connectivity index (χ3v) is 4.54. The summed E-state index contributed by atoms with van der Waals surface area (Å²) in [6.45, 7) is 0.476. The number of aliphatic hydroxyl groups is 3. The second-order valence-corrected chi connectivity index (χ2v) is 7.34. The molecular weight excluding hydrogens is 438 g/mol. The molecule has 7 N–H and O–H groups in total. The summed E-state index contributed by atoms with van der Waals surface area (Å²) in [5.41, 5.74) is 4.29. The first-order valence-corrected chi connectivity index (χ1v) is 10.5. The molecule has 0 aliphatic carbocycles. The van der Waals surface area contributed by atoms with Gasteiger partial charge in [-0.2, -0.15) is 0 Å². The van der Waals surface area contributed by atoms with Crippen molar-refractivity contribution in [3.8, 4) is 23.7 Å². The van der Waals surface area contributed by atoms with E-state index in [0.717, 1.165) is 11.1 Å². The van der Waals surface area contributed by atoms with Crippen LogP contribution in [0.3, 0.4) is 0 Å². The topological polar surface area (TPSA) is 151 Å². The van der Waals surface area contributed by atoms with Gasteiger partial charge in [0.2, 0.25) is 5.91 Å². The lowest BCUT2D eigenvalue weighted by Gasteiger charge is -2.10. The van der Waals surface area contributed by atoms with Gasteiger partial charge >= 0.3 is 0 Å². The Morgan fingerprint density at radius 3 is 2.00 bits per heavy atom. The van der Waals surface area contributed by atoms with E-state index in [4.69, 9.17) is 10.3 Å². The molecule has 0 spiro atoms. The molecule has 0 aliphatic rings. The number of nitrogens with one attached hydrogen (secondary N) is 3. The van der Waals surface area contributed by atoms with E-state index in [9.17, 15) is 19.8 Å². The Balaban J connectivity index is 1.83. The third-order valence-electron chi connectivity index (χ3n) is 4.54. The number of benzene rings is 2. The molecule has 0 aromatic heterocycles. The lowest BCUT2D eigenvalue weighted by Crippen LogP contribution is -2.35. The first kappa shape index (κ1) is 26.6. The van der Waals surface area contributed by atoms with Crippen molar-refractivity contribution in [1.29, 1.82) is 0 Å². The second-order valence-electron chi connectivity index (χ2n) is 7.34. The molecule has 2 atom stereocenters. The summed E-state index contributed by atoms with van der Waals surface area (Å²) in [5, 5.41) is 41.7. The highest BCUT2D eigenvalue weighted by atomic mass is 16.5. The molecule has 1 unspecified atom stereocenters. The molecular formula is C25H27N3O6. The number of hydrogen-bond donors (Lipinski definition) is 7. The lowest BCUT2D eigenvalue weighted by molar-refractivity contribution is -0.131. The van der Waals surface area contributed by atoms with E-state index in [1.54, 1.807) is 24.3 Å². The van der Waals surface area contributed by atoms with Crippen molar-refractivity contribution in [2.75, 3.05) is 19.7 Å². The number of hydroxylamine groups is 1. The standard InChI is InChI=1S/C25H27N3O6/c29-17-23(31)15-26-14-20-7-5-18(6-8-20)3-1-2-4-19-9-11-21(12-10-19)25(33)27-16-22(30)13-24(32)28-34/h5-12,22-23,26,29-31,34H,13-17H2,(H,27,33)(H,28,32)/t22-,23?/m0/s1. The smallest absolute Gasteiger partial charge is 0.251 e. The molecule has 0 aliphatic heterocycles. The third kappa shape index (κ3) is 9.84. The van der Waals surface area contributed by atoms with Crippen LogP contribution in [0.25, 0.3) is 0 Å². The van der Waals surface area contributed by atoms with E-state index in [1.165, 1.54) is 5.48 Å². The molecule has 0 heterocycles. The number of carbonyl (C=O) groups excluding carboxylic acids is 2. The maximum atomic E-state index is 12.1. The zero-order valence-corrected chi connectivity index (χ0v) is 18.4. The van der Waals surface area contributed by atoms with Crippen molar-refractivity contribution in [2.45, 2.75) is 25.2 Å². The molecule has 0 saturated carbocycles. The Hall–Kier alpha value is -3.70. The van der Waals surface area contributed by atoms with Gasteiger partial charge in [-0.25, -0.2) is 5.48 Å². The summed E-state index contributed by atoms with van der Waals surface area (Å²) >= 11 is 0. The van der Waals surface area contributed by atoms with Crippen LogP contribution >= 0.6 is 0 Å². The summed E-state index contributed by atoms with van der Waals surface area (Å²) < 4.78 is 0. The fourth-order valence-corrected chi connectivity index (χ4v) is 2.71. The summed E-state index contributed by atoms with van der Waals surface area (Å²) in [4.78, 5) is 23.1. The zero-order chi connectivity index (χ0) is 24.8. The highest BCUT2D eigenvalue weighted by Gasteiger charge is 2.12. The minimum absolute atomic E-state index is 0.131. The van der Waals surface area contributed by atoms with Gasteiger partial charge in [0.25, 0.3) is 5.91 Å². The molecule has 0 saturated heterocycles. The zero-order valence-electron chi connectivity index (χ0n) is 18.4. The molecule has 0 fully saturated rings. The lowest BCUT2D eigenvalue weighted by atomic mass is 10.1. The van der Waals surface area contributed by atoms with Gasteiger partial charge in [-0.3, -0.25) is 14.8 Å². The van der Waals surface area contributed by atoms with E-state index < -0.39 is 24.0 Å². The summed E-state index contributed by atoms with van der Waals surface area (Å²) in [7, 11) is 0. The number of rotatable bonds is 10. The van der Waals surface area contributed by atoms with Crippen LogP contribution in [0.2, 0.25) is 0 Å². The van der Waals surface area contributed by atoms with Crippen LogP contribution in [0.1, 0.15) is 33.5 Å². The number of carbonyl (C=O) groups is 2. The maximum Gasteiger partial charge on any atom is 0.251 e. The fourth-order valence-electron chi connectivity index (χ4n) is 2.71. The molecule has 0 bridgehead atoms. The second kappa shape index (κ2) is 14.4. The van der Waals surface area contributed by atoms with Crippen LogP contribution in [-0.4, -0.2) is 64.2 Å². The molecule has 2 amide bonds. The molecule has 9 heteroatoms. The average Bonchev–Trinajstić information content (AvgIpc) is 2.86. The van der Waals surface area contributed by atoms with Gasteiger partial charge in [0.05, 0.1) is 25.2 Å². The monoisotopic (exact) mass is 465 g/mol. The van der Waals surface area contributed by atoms with Gasteiger partial charge in [-0.15, -0.1) is 0 Å². The van der Waals surface area contributed by atoms with Crippen molar-refractivity contribution in [1.82, 2.24) is 16.1 Å². The van der Waals surface area contributed by atoms with Crippen molar-refractivity contribution in [2.24, 2.45) is 0 Å². The maximum absolute atomic E-state index is 12.1. The normalized spacial score (nSPS) is 11.8. The first-order chi connectivity index (χ1) is 16.4. The SMILES string of the molecule is O=C(C[C@H](O)CNC(=O)c1ccc(C#CC#Cc2ccc(CNCC(O)CO)cc2)cc1)NO. The van der Waals surface area contributed by atoms with Gasteiger partial charge in [0.1, 0.15) is 0 Å². The molecule has 0 radical (unpaired) electrons. The largest absolute Gasteiger partial charge is 0.394 e. The number of aliphatic hydroxyl groups excluding tert-OH is 3. The van der Waals surface area contributed by atoms with Gasteiger partial charge in [0.15, 0.2) is 0 Å². The van der Waals surface area contributed by atoms with Crippen LogP contribution in [0.4, 0.5) is 0 Å². The summed E-state index contributed by atoms with van der Waals surface area (Å²) in [6, 6.07) is 14.1. The van der Waals surface area contributed by atoms with Gasteiger partial charge < -0.3 is 26.0 Å². The van der Waals surface area contributed by atoms with E-state index in [1.807, 2.05) is 24.3 Å². The van der Waals surface area contributed by atoms with Crippen LogP contribution in [0, 0.1) is 23.7 Å². The highest BCUT2D eigenvalue weighted by Crippen LogP contribution is 2.05. The Morgan fingerprint density at radius 2 is 1.44 bits per heavy atom. The Labute approximate surface area is 197 Å². The van der Waals surface area contributed by atoms with E-state index in [0.29, 0.717) is 24.2 Å². The van der Waals surface area contributed by atoms with Crippen molar-refractivity contribution >= 4 is 11.8 Å². The number of amides is 2. The van der Waals surface area contributed by atoms with Gasteiger partial charge in [-0.1, -0.05) is 24.0 Å². The molecule has 9 nitrogen and oxygen atoms in total. The fraction of sp³-hybridized carbons (Fsp3) is 0.280. The molecule has 2 rings (SSSR count). The quantitative estimate of drug-likeness (QED) is 0.142. The minimum Gasteiger partial charge on any atom is -0.394 e. The molecule has 2 aromatic carbocycles. The predicted octanol–water partition coefficient (Wildman–Crippen LogP) is -0.481. The number of hydrogen-bond acceptors (Lipinski definition) is 7. The Kier molecular flexibility index (Phi) is 11.3. The average molecular weight is 466 g/mol. The molecule has 178 valence electrons. The van der Waals surface area contributed by atoms with Gasteiger partial charge in [0, 0.05) is 36.3 Å². The van der Waals surface area contributed by atoms with Crippen molar-refractivity contribution in [3.05, 3.63) is 70.8 Å². The summed E-state index contributed by atoms with van der Waals surface area (Å²) in [5.74, 6) is 10.2. The van der Waals surface area contributed by atoms with Crippen LogP contribution in [0.5, 0.6) is 0 Å². The van der Waals surface area contributed by atoms with Crippen molar-refractivity contribution in [3.63, 3.8) is 0 Å². The highest BCUT2D eigenvalue weighted by molar-refractivity contribution is 5.94. The molecule has 34 heavy (non-hydrogen) atoms. The van der Waals surface area contributed by atoms with Crippen LogP contribution in [0.15, 0.2) is 48.5 Å². The van der Waals surface area contributed by atoms with Crippen LogP contribution in [-0.2, 0) is 11.3 Å². The molecule has 2 aromatic rings. The summed E-state index contributed by atoms with van der Waals surface area (Å²) in [6.07, 6.45) is -2.21. The van der Waals surface area contributed by atoms with Gasteiger partial charge in [-0.05, 0) is 53.8 Å². The minimum atomic E-state index is -1.11. The first-order valence-electron chi connectivity index (χ1n) is 10.5. The Bertz CT molecular complexity index is 1060. The predicted molar refractivity (Wildman–Crippen MR) is 124 cm³/mol. The van der Waals surface area contributed by atoms with Crippen LogP contribution < -0.4 is 16.1 Å². The van der Waals surface area contributed by atoms with E-state index in [-0.39, 0.29) is 19.6 Å². The van der Waals surface area contributed by atoms with E-state index >= 15 is 0 Å². The van der Waals surface area contributed by atoms with Crippen molar-refractivity contribution < 1.29 is 30.1 Å².